The molecule has 0 aromatic carbocycles. The zero-order valence-electron chi connectivity index (χ0n) is 10.6. The fourth-order valence-corrected chi connectivity index (χ4v) is 1.46. The summed E-state index contributed by atoms with van der Waals surface area (Å²) in [5.41, 5.74) is 1.17. The van der Waals surface area contributed by atoms with E-state index < -0.39 is 5.97 Å². The molecular weight excluding hydrogens is 348 g/mol. The Labute approximate surface area is 125 Å². The van der Waals surface area contributed by atoms with Crippen LogP contribution in [-0.4, -0.2) is 22.5 Å². The second kappa shape index (κ2) is 16.7. The first kappa shape index (κ1) is 26.3. The van der Waals surface area contributed by atoms with E-state index in [-0.39, 0.29) is 36.5 Å². The Morgan fingerprint density at radius 3 is 2.22 bits per heavy atom. The maximum Gasteiger partial charge on any atom is 0.300 e. The third kappa shape index (κ3) is 15.7. The molecule has 0 aromatic rings. The van der Waals surface area contributed by atoms with Crippen LogP contribution >= 0.6 is 9.90 Å². The molecular formula is C11H23NO4PPd-. The molecule has 112 valence electrons. The van der Waals surface area contributed by atoms with Gasteiger partial charge in [0.1, 0.15) is 6.29 Å². The molecule has 0 saturated carbocycles. The minimum atomic E-state index is -0.833. The van der Waals surface area contributed by atoms with Crippen LogP contribution in [0.3, 0.4) is 0 Å². The van der Waals surface area contributed by atoms with Crippen molar-refractivity contribution in [2.75, 3.05) is 0 Å². The van der Waals surface area contributed by atoms with Crippen molar-refractivity contribution < 1.29 is 40.2 Å². The predicted molar refractivity (Wildman–Crippen MR) is 73.1 cm³/mol. The van der Waals surface area contributed by atoms with Gasteiger partial charge >= 0.3 is 0 Å². The summed E-state index contributed by atoms with van der Waals surface area (Å²) in [5, 5.41) is 16.7. The normalized spacial score (nSPS) is 12.1. The van der Waals surface area contributed by atoms with E-state index in [0.717, 1.165) is 45.3 Å². The van der Waals surface area contributed by atoms with E-state index in [1.165, 1.54) is 5.57 Å². The van der Waals surface area contributed by atoms with Crippen LogP contribution in [-0.2, 0) is 30.0 Å². The number of unbranched alkanes of at least 4 members (excludes halogenated alkanes) is 1. The largest absolute Gasteiger partial charge is 0.693 e. The fraction of sp³-hybridized carbons (Fsp3) is 0.636. The number of carbonyl (C=O) groups excluding carboxylic acids is 1. The topological polar surface area (TPSA) is 108 Å². The van der Waals surface area contributed by atoms with Crippen LogP contribution in [0.15, 0.2) is 11.3 Å². The smallest absolute Gasteiger partial charge is 0.300 e. The van der Waals surface area contributed by atoms with Gasteiger partial charge in [0.25, 0.3) is 5.97 Å². The van der Waals surface area contributed by atoms with Crippen molar-refractivity contribution in [2.45, 2.75) is 45.4 Å². The molecule has 0 saturated heterocycles. The van der Waals surface area contributed by atoms with Crippen molar-refractivity contribution in [3.05, 3.63) is 17.5 Å². The number of aliphatic hydroxyl groups is 1. The zero-order valence-corrected chi connectivity index (χ0v) is 13.6. The summed E-state index contributed by atoms with van der Waals surface area (Å²) in [4.78, 5) is 19.0. The molecule has 1 aliphatic rings. The number of allylic oxidation sites excluding steroid dienone is 2. The third-order valence-electron chi connectivity index (χ3n) is 2.10. The summed E-state index contributed by atoms with van der Waals surface area (Å²) in [7, 11) is 0. The summed E-state index contributed by atoms with van der Waals surface area (Å²) in [5.74, 6) is -0.254. The van der Waals surface area contributed by atoms with Gasteiger partial charge in [0, 0.05) is 40.2 Å². The number of aldehydes is 1. The first-order valence-electron chi connectivity index (χ1n) is 5.11. The van der Waals surface area contributed by atoms with Crippen molar-refractivity contribution in [3.63, 3.8) is 0 Å². The van der Waals surface area contributed by atoms with E-state index in [2.05, 4.69) is 0 Å². The van der Waals surface area contributed by atoms with Gasteiger partial charge in [-0.2, -0.15) is 9.90 Å². The minimum absolute atomic E-state index is 0. The van der Waals surface area contributed by atoms with E-state index in [9.17, 15) is 9.90 Å². The number of carboxylic acid groups (broad SMARTS) is 1. The van der Waals surface area contributed by atoms with Gasteiger partial charge in [-0.15, -0.1) is 0 Å². The quantitative estimate of drug-likeness (QED) is 0.343. The Morgan fingerprint density at radius 1 is 1.39 bits per heavy atom. The van der Waals surface area contributed by atoms with Gasteiger partial charge in [-0.1, -0.05) is 0 Å². The minimum Gasteiger partial charge on any atom is -0.693 e. The van der Waals surface area contributed by atoms with E-state index in [1.54, 1.807) is 0 Å². The van der Waals surface area contributed by atoms with Crippen molar-refractivity contribution in [2.24, 2.45) is 0 Å². The van der Waals surface area contributed by atoms with Crippen molar-refractivity contribution in [1.29, 1.82) is 0 Å². The van der Waals surface area contributed by atoms with Gasteiger partial charge in [-0.25, -0.2) is 0 Å². The van der Waals surface area contributed by atoms with Crippen LogP contribution in [0.2, 0.25) is 0 Å². The van der Waals surface area contributed by atoms with Gasteiger partial charge in [0.15, 0.2) is 0 Å². The maximum absolute atomic E-state index is 9.98. The summed E-state index contributed by atoms with van der Waals surface area (Å²) in [6.45, 7) is 1.08. The van der Waals surface area contributed by atoms with Crippen LogP contribution in [0.25, 0.3) is 6.15 Å². The van der Waals surface area contributed by atoms with Crippen molar-refractivity contribution >= 4 is 22.2 Å². The van der Waals surface area contributed by atoms with E-state index in [4.69, 9.17) is 9.90 Å². The maximum atomic E-state index is 9.98. The number of hydrogen-bond donors (Lipinski definition) is 2. The number of carbonyl (C=O) groups is 2. The molecule has 0 fully saturated rings. The van der Waals surface area contributed by atoms with Gasteiger partial charge in [0.2, 0.25) is 0 Å². The molecule has 1 atom stereocenters. The Bertz CT molecular complexity index is 255. The third-order valence-corrected chi connectivity index (χ3v) is 2.10. The van der Waals surface area contributed by atoms with Gasteiger partial charge in [0.05, 0.1) is 5.76 Å². The van der Waals surface area contributed by atoms with E-state index in [0.29, 0.717) is 12.2 Å². The molecule has 0 aliphatic heterocycles. The Hall–Kier alpha value is -0.268. The van der Waals surface area contributed by atoms with Gasteiger partial charge in [-0.3, -0.25) is 4.79 Å². The zero-order chi connectivity index (χ0) is 11.7. The molecule has 0 aromatic heterocycles. The van der Waals surface area contributed by atoms with Crippen molar-refractivity contribution in [1.82, 2.24) is 0 Å². The second-order valence-corrected chi connectivity index (χ2v) is 3.48. The summed E-state index contributed by atoms with van der Waals surface area (Å²) in [6, 6.07) is 0. The molecule has 7 heteroatoms. The van der Waals surface area contributed by atoms with E-state index >= 15 is 0 Å². The van der Waals surface area contributed by atoms with Gasteiger partial charge < -0.3 is 21.2 Å². The first-order chi connectivity index (χ1) is 7.07. The summed E-state index contributed by atoms with van der Waals surface area (Å²) < 4.78 is 0. The van der Waals surface area contributed by atoms with Crippen LogP contribution in [0.5, 0.6) is 0 Å². The Kier molecular flexibility index (Phi) is 24.5. The number of hydrogen-bond acceptors (Lipinski definition) is 3. The standard InChI is InChI=1S/C9H14O2.C2H4O2.H2N.H3P.Pd/c10-7-2-1-4-8-5-3-6-9(8)11;1-2(3)4;;;/h7,11H,1-6H2;1H3,(H,3,4);1H2;1H3;/q;;-1;;. The molecule has 0 radical (unpaired) electrons. The number of aliphatic hydroxyl groups excluding tert-OH is 1. The first-order valence-corrected chi connectivity index (χ1v) is 5.11. The molecule has 1 rings (SSSR count). The average molecular weight is 371 g/mol. The molecule has 5 nitrogen and oxygen atoms in total. The predicted octanol–water partition coefficient (Wildman–Crippen LogP) is 3.22. The average Bonchev–Trinajstić information content (AvgIpc) is 2.51. The molecule has 0 amide bonds. The van der Waals surface area contributed by atoms with Crippen LogP contribution in [0, 0.1) is 0 Å². The van der Waals surface area contributed by atoms with Crippen LogP contribution < -0.4 is 0 Å². The summed E-state index contributed by atoms with van der Waals surface area (Å²) >= 11 is 0. The molecule has 1 aliphatic carbocycles. The Balaban J connectivity index is -0.000000125. The SMILES string of the molecule is CC(=O)O.O=CCCCC1=C(O)CCC1.P.[NH2-].[Pd]. The molecule has 18 heavy (non-hydrogen) atoms. The number of rotatable bonds is 4. The number of nitrogens with two attached hydrogens (primary N) is 1. The molecule has 0 heterocycles. The fourth-order valence-electron chi connectivity index (χ4n) is 1.46. The van der Waals surface area contributed by atoms with Gasteiger partial charge in [-0.05, 0) is 31.3 Å². The Morgan fingerprint density at radius 2 is 1.89 bits per heavy atom. The molecule has 1 unspecified atom stereocenters. The van der Waals surface area contributed by atoms with Crippen LogP contribution in [0.4, 0.5) is 0 Å². The van der Waals surface area contributed by atoms with E-state index in [1.807, 2.05) is 0 Å². The molecule has 0 bridgehead atoms. The number of carboxylic acids is 1. The summed E-state index contributed by atoms with van der Waals surface area (Å²) in [6.07, 6.45) is 6.32. The van der Waals surface area contributed by atoms with Crippen LogP contribution in [0.1, 0.15) is 45.4 Å². The molecule has 0 spiro atoms. The molecule has 4 N–H and O–H groups in total. The second-order valence-electron chi connectivity index (χ2n) is 3.48. The number of aliphatic carboxylic acids is 1. The monoisotopic (exact) mass is 370 g/mol. The van der Waals surface area contributed by atoms with Crippen molar-refractivity contribution in [3.8, 4) is 0 Å².